The van der Waals surface area contributed by atoms with E-state index >= 15 is 0 Å². The van der Waals surface area contributed by atoms with Crippen LogP contribution in [0, 0.1) is 0 Å². The van der Waals surface area contributed by atoms with Crippen molar-refractivity contribution in [2.75, 3.05) is 20.1 Å². The van der Waals surface area contributed by atoms with Gasteiger partial charge in [-0.25, -0.2) is 0 Å². The zero-order valence-corrected chi connectivity index (χ0v) is 13.7. The van der Waals surface area contributed by atoms with Crippen LogP contribution in [0.15, 0.2) is 24.3 Å². The molecule has 0 spiro atoms. The van der Waals surface area contributed by atoms with Crippen LogP contribution in [0.25, 0.3) is 0 Å². The maximum atomic E-state index is 12.6. The van der Waals surface area contributed by atoms with Gasteiger partial charge in [-0.1, -0.05) is 31.4 Å². The summed E-state index contributed by atoms with van der Waals surface area (Å²) in [7, 11) is 1.98. The first kappa shape index (κ1) is 15.5. The molecule has 0 aromatic heterocycles. The Morgan fingerprint density at radius 1 is 1.05 bits per heavy atom. The summed E-state index contributed by atoms with van der Waals surface area (Å²) in [4.78, 5) is 14.6. The maximum absolute atomic E-state index is 12.6. The van der Waals surface area contributed by atoms with Crippen LogP contribution in [0.2, 0.25) is 0 Å². The van der Waals surface area contributed by atoms with Crippen LogP contribution in [-0.4, -0.2) is 37.0 Å². The van der Waals surface area contributed by atoms with Crippen molar-refractivity contribution in [2.24, 2.45) is 0 Å². The van der Waals surface area contributed by atoms with Crippen molar-refractivity contribution in [2.45, 2.75) is 56.9 Å². The van der Waals surface area contributed by atoms with Gasteiger partial charge in [0.15, 0.2) is 0 Å². The predicted octanol–water partition coefficient (Wildman–Crippen LogP) is 3.56. The third-order valence-corrected chi connectivity index (χ3v) is 5.35. The Hall–Kier alpha value is -1.35. The SMILES string of the molecule is CNC1CCCN(C(=O)c2ccc(C3CCCCC3)cc2)C1. The fourth-order valence-electron chi connectivity index (χ4n) is 3.91. The minimum atomic E-state index is 0.190. The van der Waals surface area contributed by atoms with Gasteiger partial charge in [-0.15, -0.1) is 0 Å². The fourth-order valence-corrected chi connectivity index (χ4v) is 3.91. The molecular formula is C19H28N2O. The molecule has 1 aliphatic carbocycles. The lowest BCUT2D eigenvalue weighted by Crippen LogP contribution is -2.46. The minimum Gasteiger partial charge on any atom is -0.337 e. The second-order valence-corrected chi connectivity index (χ2v) is 6.84. The van der Waals surface area contributed by atoms with Gasteiger partial charge in [-0.2, -0.15) is 0 Å². The number of likely N-dealkylation sites (N-methyl/N-ethyl adjacent to an activating group) is 1. The minimum absolute atomic E-state index is 0.190. The van der Waals surface area contributed by atoms with Crippen LogP contribution in [0.1, 0.15) is 66.8 Å². The molecule has 2 aliphatic rings. The predicted molar refractivity (Wildman–Crippen MR) is 90.3 cm³/mol. The molecule has 1 aliphatic heterocycles. The Labute approximate surface area is 134 Å². The fraction of sp³-hybridized carbons (Fsp3) is 0.632. The number of likely N-dealkylation sites (tertiary alicyclic amines) is 1. The molecule has 3 heteroatoms. The highest BCUT2D eigenvalue weighted by Crippen LogP contribution is 2.32. The van der Waals surface area contributed by atoms with Crippen LogP contribution in [-0.2, 0) is 0 Å². The average molecular weight is 300 g/mol. The molecule has 1 saturated carbocycles. The summed E-state index contributed by atoms with van der Waals surface area (Å²) in [5.74, 6) is 0.900. The van der Waals surface area contributed by atoms with Gasteiger partial charge in [0.25, 0.3) is 5.91 Å². The molecule has 120 valence electrons. The van der Waals surface area contributed by atoms with Crippen molar-refractivity contribution in [3.05, 3.63) is 35.4 Å². The Balaban J connectivity index is 1.65. The summed E-state index contributed by atoms with van der Waals surface area (Å²) < 4.78 is 0. The van der Waals surface area contributed by atoms with Crippen LogP contribution in [0.5, 0.6) is 0 Å². The summed E-state index contributed by atoms with van der Waals surface area (Å²) in [5.41, 5.74) is 2.26. The van der Waals surface area contributed by atoms with E-state index in [4.69, 9.17) is 0 Å². The van der Waals surface area contributed by atoms with Gasteiger partial charge < -0.3 is 10.2 Å². The largest absolute Gasteiger partial charge is 0.337 e. The van der Waals surface area contributed by atoms with Crippen LogP contribution in [0.4, 0.5) is 0 Å². The van der Waals surface area contributed by atoms with E-state index in [1.54, 1.807) is 0 Å². The standard InChI is InChI=1S/C19H28N2O/c1-20-18-8-5-13-21(14-18)19(22)17-11-9-16(10-12-17)15-6-3-2-4-7-15/h9-12,15,18,20H,2-8,13-14H2,1H3. The summed E-state index contributed by atoms with van der Waals surface area (Å²) >= 11 is 0. The van der Waals surface area contributed by atoms with Crippen LogP contribution >= 0.6 is 0 Å². The molecule has 1 N–H and O–H groups in total. The molecule has 2 fully saturated rings. The Morgan fingerprint density at radius 2 is 1.77 bits per heavy atom. The Kier molecular flexibility index (Phi) is 5.14. The molecule has 0 radical (unpaired) electrons. The molecule has 1 atom stereocenters. The molecule has 1 amide bonds. The Bertz CT molecular complexity index is 491. The number of carbonyl (C=O) groups is 1. The monoisotopic (exact) mass is 300 g/mol. The number of amides is 1. The van der Waals surface area contributed by atoms with Gasteiger partial charge in [0, 0.05) is 24.7 Å². The van der Waals surface area contributed by atoms with Crippen molar-refractivity contribution in [1.82, 2.24) is 10.2 Å². The third-order valence-electron chi connectivity index (χ3n) is 5.35. The van der Waals surface area contributed by atoms with Crippen LogP contribution < -0.4 is 5.32 Å². The smallest absolute Gasteiger partial charge is 0.253 e. The van der Waals surface area contributed by atoms with Crippen molar-refractivity contribution < 1.29 is 4.79 Å². The molecule has 1 aromatic rings. The van der Waals surface area contributed by atoms with Crippen molar-refractivity contribution in [1.29, 1.82) is 0 Å². The van der Waals surface area contributed by atoms with Gasteiger partial charge in [0.1, 0.15) is 0 Å². The van der Waals surface area contributed by atoms with Gasteiger partial charge >= 0.3 is 0 Å². The lowest BCUT2D eigenvalue weighted by Gasteiger charge is -2.32. The van der Waals surface area contributed by atoms with E-state index in [0.29, 0.717) is 12.0 Å². The molecular weight excluding hydrogens is 272 g/mol. The second-order valence-electron chi connectivity index (χ2n) is 6.84. The molecule has 3 rings (SSSR count). The van der Waals surface area contributed by atoms with Crippen molar-refractivity contribution >= 4 is 5.91 Å². The highest BCUT2D eigenvalue weighted by Gasteiger charge is 2.23. The van der Waals surface area contributed by atoms with Crippen LogP contribution in [0.3, 0.4) is 0 Å². The zero-order chi connectivity index (χ0) is 15.4. The molecule has 0 bridgehead atoms. The van der Waals surface area contributed by atoms with E-state index in [2.05, 4.69) is 17.4 Å². The zero-order valence-electron chi connectivity index (χ0n) is 13.7. The normalized spacial score (nSPS) is 23.5. The quantitative estimate of drug-likeness (QED) is 0.925. The van der Waals surface area contributed by atoms with E-state index < -0.39 is 0 Å². The molecule has 1 heterocycles. The highest BCUT2D eigenvalue weighted by atomic mass is 16.2. The number of rotatable bonds is 3. The summed E-state index contributed by atoms with van der Waals surface area (Å²) in [5, 5.41) is 3.30. The Morgan fingerprint density at radius 3 is 2.45 bits per heavy atom. The molecule has 22 heavy (non-hydrogen) atoms. The molecule has 1 aromatic carbocycles. The van der Waals surface area contributed by atoms with Gasteiger partial charge in [-0.05, 0) is 56.3 Å². The molecule has 1 unspecified atom stereocenters. The average Bonchev–Trinajstić information content (AvgIpc) is 2.62. The number of hydrogen-bond donors (Lipinski definition) is 1. The number of carbonyl (C=O) groups excluding carboxylic acids is 1. The van der Waals surface area contributed by atoms with Crippen molar-refractivity contribution in [3.63, 3.8) is 0 Å². The van der Waals surface area contributed by atoms with Gasteiger partial charge in [-0.3, -0.25) is 4.79 Å². The number of piperidine rings is 1. The molecule has 1 saturated heterocycles. The summed E-state index contributed by atoms with van der Waals surface area (Å²) in [6.07, 6.45) is 8.97. The third kappa shape index (κ3) is 3.52. The second kappa shape index (κ2) is 7.28. The van der Waals surface area contributed by atoms with Gasteiger partial charge in [0.2, 0.25) is 0 Å². The first-order valence-corrected chi connectivity index (χ1v) is 8.84. The van der Waals surface area contributed by atoms with E-state index in [-0.39, 0.29) is 5.91 Å². The topological polar surface area (TPSA) is 32.3 Å². The lowest BCUT2D eigenvalue weighted by molar-refractivity contribution is 0.0698. The van der Waals surface area contributed by atoms with E-state index in [0.717, 1.165) is 25.1 Å². The van der Waals surface area contributed by atoms with Gasteiger partial charge in [0.05, 0.1) is 0 Å². The number of benzene rings is 1. The number of hydrogen-bond acceptors (Lipinski definition) is 2. The van der Waals surface area contributed by atoms with E-state index in [1.165, 1.54) is 44.1 Å². The maximum Gasteiger partial charge on any atom is 0.253 e. The molecule has 3 nitrogen and oxygen atoms in total. The number of nitrogens with zero attached hydrogens (tertiary/aromatic N) is 1. The lowest BCUT2D eigenvalue weighted by atomic mass is 9.84. The van der Waals surface area contributed by atoms with E-state index in [9.17, 15) is 4.79 Å². The van der Waals surface area contributed by atoms with Crippen molar-refractivity contribution in [3.8, 4) is 0 Å². The number of nitrogens with one attached hydrogen (secondary N) is 1. The van der Waals surface area contributed by atoms with E-state index in [1.807, 2.05) is 24.1 Å². The first-order chi connectivity index (χ1) is 10.8. The summed E-state index contributed by atoms with van der Waals surface area (Å²) in [6.45, 7) is 1.72. The highest BCUT2D eigenvalue weighted by molar-refractivity contribution is 5.94. The summed E-state index contributed by atoms with van der Waals surface area (Å²) in [6, 6.07) is 8.88. The first-order valence-electron chi connectivity index (χ1n) is 8.84.